The lowest BCUT2D eigenvalue weighted by Gasteiger charge is -2.41. The van der Waals surface area contributed by atoms with Gasteiger partial charge in [0.15, 0.2) is 11.5 Å². The highest BCUT2D eigenvalue weighted by Crippen LogP contribution is 2.42. The molecule has 10 nitrogen and oxygen atoms in total. The van der Waals surface area contributed by atoms with Gasteiger partial charge in [-0.15, -0.1) is 0 Å². The van der Waals surface area contributed by atoms with Crippen LogP contribution in [0, 0.1) is 43.4 Å². The Labute approximate surface area is 256 Å². The highest BCUT2D eigenvalue weighted by atomic mass is 19.1. The van der Waals surface area contributed by atoms with E-state index in [2.05, 4.69) is 30.9 Å². The second-order valence-electron chi connectivity index (χ2n) is 12.3. The van der Waals surface area contributed by atoms with Crippen LogP contribution in [0.5, 0.6) is 0 Å². The Morgan fingerprint density at radius 2 is 1.70 bits per heavy atom. The standard InChI is InChI=1S/C32H43F2N7O3/c1-19-26(20(2)40-39-19)23-14-15-25(36-30(23)34)37-31(43)28(38-32(44)29-24(33)18-35-41(29)16-9-17-42)27(21-10-5-3-6-11-21)22-12-7-4-8-13-22/h14-15,18,21-22,27-28,42H,3-13,16-17H2,1-2H3,(H,38,44)(H,39,40)(H,36,37,43)/t28-/m0/s1. The molecule has 3 heterocycles. The Morgan fingerprint density at radius 3 is 2.27 bits per heavy atom. The normalized spacial score (nSPS) is 17.1. The SMILES string of the molecule is Cc1n[nH]c(C)c1-c1ccc(NC(=O)[C@@H](NC(=O)c2c(F)cnn2CCCO)C(C2CCCCC2)C2CCCCC2)nc1F. The lowest BCUT2D eigenvalue weighted by atomic mass is 9.66. The zero-order valence-corrected chi connectivity index (χ0v) is 25.5. The maximum atomic E-state index is 15.3. The van der Waals surface area contributed by atoms with E-state index < -0.39 is 29.6 Å². The van der Waals surface area contributed by atoms with Crippen LogP contribution >= 0.6 is 0 Å². The van der Waals surface area contributed by atoms with Gasteiger partial charge in [-0.25, -0.2) is 9.37 Å². The fourth-order valence-electron chi connectivity index (χ4n) is 7.33. The number of aliphatic hydroxyl groups excluding tert-OH is 1. The van der Waals surface area contributed by atoms with Gasteiger partial charge in [-0.05, 0) is 50.2 Å². The molecular weight excluding hydrogens is 568 g/mol. The van der Waals surface area contributed by atoms with Crippen LogP contribution < -0.4 is 10.6 Å². The third-order valence-corrected chi connectivity index (χ3v) is 9.38. The predicted molar refractivity (Wildman–Crippen MR) is 162 cm³/mol. The van der Waals surface area contributed by atoms with Crippen molar-refractivity contribution in [2.45, 2.75) is 97.1 Å². The lowest BCUT2D eigenvalue weighted by molar-refractivity contribution is -0.121. The first-order chi connectivity index (χ1) is 21.3. The Balaban J connectivity index is 1.47. The first-order valence-electron chi connectivity index (χ1n) is 15.9. The Kier molecular flexibility index (Phi) is 10.4. The van der Waals surface area contributed by atoms with Crippen LogP contribution in [-0.2, 0) is 11.3 Å². The van der Waals surface area contributed by atoms with Crippen LogP contribution in [0.15, 0.2) is 18.3 Å². The third-order valence-electron chi connectivity index (χ3n) is 9.38. The Bertz CT molecular complexity index is 1410. The number of aliphatic hydroxyl groups is 1. The molecule has 0 aliphatic heterocycles. The maximum absolute atomic E-state index is 15.3. The second-order valence-corrected chi connectivity index (χ2v) is 12.3. The summed E-state index contributed by atoms with van der Waals surface area (Å²) in [4.78, 5) is 31.9. The number of amides is 2. The van der Waals surface area contributed by atoms with Gasteiger partial charge in [0.2, 0.25) is 11.9 Å². The molecule has 44 heavy (non-hydrogen) atoms. The van der Waals surface area contributed by atoms with Gasteiger partial charge in [-0.3, -0.25) is 19.4 Å². The predicted octanol–water partition coefficient (Wildman–Crippen LogP) is 5.46. The van der Waals surface area contributed by atoms with E-state index in [-0.39, 0.29) is 48.0 Å². The highest BCUT2D eigenvalue weighted by Gasteiger charge is 2.42. The maximum Gasteiger partial charge on any atom is 0.273 e. The van der Waals surface area contributed by atoms with Gasteiger partial charge < -0.3 is 15.7 Å². The number of hydrogen-bond donors (Lipinski definition) is 4. The Hall–Kier alpha value is -3.67. The number of aromatic amines is 1. The van der Waals surface area contributed by atoms with E-state index in [4.69, 9.17) is 0 Å². The topological polar surface area (TPSA) is 138 Å². The summed E-state index contributed by atoms with van der Waals surface area (Å²) in [6.45, 7) is 3.59. The average Bonchev–Trinajstić information content (AvgIpc) is 3.57. The minimum atomic E-state index is -0.989. The first-order valence-corrected chi connectivity index (χ1v) is 15.9. The molecule has 238 valence electrons. The second kappa shape index (κ2) is 14.4. The van der Waals surface area contributed by atoms with Gasteiger partial charge >= 0.3 is 0 Å². The van der Waals surface area contributed by atoms with Crippen molar-refractivity contribution in [3.05, 3.63) is 47.2 Å². The summed E-state index contributed by atoms with van der Waals surface area (Å²) in [5.41, 5.74) is 1.95. The molecule has 2 aliphatic rings. The number of H-pyrrole nitrogens is 1. The zero-order valence-electron chi connectivity index (χ0n) is 25.5. The van der Waals surface area contributed by atoms with Gasteiger partial charge in [0, 0.05) is 30.0 Å². The largest absolute Gasteiger partial charge is 0.396 e. The molecule has 0 saturated heterocycles. The van der Waals surface area contributed by atoms with Crippen molar-refractivity contribution < 1.29 is 23.5 Å². The molecular formula is C32H43F2N7O3. The van der Waals surface area contributed by atoms with Crippen molar-refractivity contribution in [2.75, 3.05) is 11.9 Å². The molecule has 3 aromatic rings. The van der Waals surface area contributed by atoms with E-state index in [1.165, 1.54) is 4.68 Å². The van der Waals surface area contributed by atoms with Crippen molar-refractivity contribution in [2.24, 2.45) is 17.8 Å². The lowest BCUT2D eigenvalue weighted by Crippen LogP contribution is -2.53. The summed E-state index contributed by atoms with van der Waals surface area (Å²) < 4.78 is 31.4. The fraction of sp³-hybridized carbons (Fsp3) is 0.594. The summed E-state index contributed by atoms with van der Waals surface area (Å²) >= 11 is 0. The van der Waals surface area contributed by atoms with Gasteiger partial charge in [0.1, 0.15) is 11.9 Å². The number of nitrogens with one attached hydrogen (secondary N) is 3. The Morgan fingerprint density at radius 1 is 1.05 bits per heavy atom. The monoisotopic (exact) mass is 611 g/mol. The molecule has 0 spiro atoms. The highest BCUT2D eigenvalue weighted by molar-refractivity contribution is 6.00. The molecule has 2 aliphatic carbocycles. The summed E-state index contributed by atoms with van der Waals surface area (Å²) in [5.74, 6) is -2.50. The van der Waals surface area contributed by atoms with Crippen molar-refractivity contribution >= 4 is 17.6 Å². The van der Waals surface area contributed by atoms with E-state index in [9.17, 15) is 19.1 Å². The zero-order chi connectivity index (χ0) is 31.2. The third kappa shape index (κ3) is 7.00. The van der Waals surface area contributed by atoms with Gasteiger partial charge in [-0.1, -0.05) is 64.2 Å². The van der Waals surface area contributed by atoms with Crippen LogP contribution in [0.2, 0.25) is 0 Å². The van der Waals surface area contributed by atoms with Crippen LogP contribution in [-0.4, -0.2) is 54.5 Å². The molecule has 4 N–H and O–H groups in total. The number of aromatic nitrogens is 5. The minimum Gasteiger partial charge on any atom is -0.396 e. The molecule has 5 rings (SSSR count). The number of pyridine rings is 1. The number of carbonyl (C=O) groups excluding carboxylic acids is 2. The van der Waals surface area contributed by atoms with Crippen molar-refractivity contribution in [1.29, 1.82) is 0 Å². The molecule has 1 atom stereocenters. The molecule has 0 radical (unpaired) electrons. The number of nitrogens with zero attached hydrogens (tertiary/aromatic N) is 4. The van der Waals surface area contributed by atoms with E-state index in [0.717, 1.165) is 70.4 Å². The molecule has 2 fully saturated rings. The van der Waals surface area contributed by atoms with Gasteiger partial charge in [0.05, 0.1) is 11.9 Å². The van der Waals surface area contributed by atoms with Crippen LogP contribution in [0.3, 0.4) is 0 Å². The van der Waals surface area contributed by atoms with Crippen molar-refractivity contribution in [1.82, 2.24) is 30.3 Å². The molecule has 12 heteroatoms. The number of aryl methyl sites for hydroxylation is 3. The fourth-order valence-corrected chi connectivity index (χ4v) is 7.33. The smallest absolute Gasteiger partial charge is 0.273 e. The average molecular weight is 612 g/mol. The molecule has 3 aromatic heterocycles. The van der Waals surface area contributed by atoms with Crippen LogP contribution in [0.25, 0.3) is 11.1 Å². The quantitative estimate of drug-likeness (QED) is 0.213. The molecule has 0 unspecified atom stereocenters. The number of anilines is 1. The van der Waals surface area contributed by atoms with Crippen LogP contribution in [0.4, 0.5) is 14.6 Å². The first kappa shape index (κ1) is 31.7. The van der Waals surface area contributed by atoms with Gasteiger partial charge in [0.25, 0.3) is 5.91 Å². The van der Waals surface area contributed by atoms with Crippen LogP contribution in [0.1, 0.15) is 92.5 Å². The number of rotatable bonds is 11. The number of hydrogen-bond acceptors (Lipinski definition) is 6. The molecule has 2 saturated carbocycles. The summed E-state index contributed by atoms with van der Waals surface area (Å²) in [6, 6.07) is 2.11. The molecule has 0 aromatic carbocycles. The van der Waals surface area contributed by atoms with E-state index in [1.54, 1.807) is 26.0 Å². The van der Waals surface area contributed by atoms with E-state index >= 15 is 4.39 Å². The number of halogens is 2. The summed E-state index contributed by atoms with van der Waals surface area (Å²) in [5, 5.41) is 25.9. The van der Waals surface area contributed by atoms with E-state index in [0.29, 0.717) is 23.4 Å². The number of carbonyl (C=O) groups is 2. The van der Waals surface area contributed by atoms with Crippen molar-refractivity contribution in [3.63, 3.8) is 0 Å². The van der Waals surface area contributed by atoms with E-state index in [1.807, 2.05) is 0 Å². The molecule has 2 amide bonds. The summed E-state index contributed by atoms with van der Waals surface area (Å²) in [7, 11) is 0. The summed E-state index contributed by atoms with van der Waals surface area (Å²) in [6.07, 6.45) is 11.6. The minimum absolute atomic E-state index is 0.0273. The van der Waals surface area contributed by atoms with Gasteiger partial charge in [-0.2, -0.15) is 14.6 Å². The molecule has 0 bridgehead atoms. The van der Waals surface area contributed by atoms with Crippen molar-refractivity contribution in [3.8, 4) is 11.1 Å².